The maximum Gasteiger partial charge on any atom is 0.162 e. The second kappa shape index (κ2) is 5.78. The summed E-state index contributed by atoms with van der Waals surface area (Å²) in [5, 5.41) is 3.08. The van der Waals surface area contributed by atoms with Gasteiger partial charge in [-0.25, -0.2) is 9.97 Å². The largest absolute Gasteiger partial charge is 0.372 e. The van der Waals surface area contributed by atoms with Crippen molar-refractivity contribution in [3.8, 4) is 0 Å². The van der Waals surface area contributed by atoms with Crippen LogP contribution in [0.5, 0.6) is 0 Å². The lowest BCUT2D eigenvalue weighted by atomic mass is 10.1. The molecule has 4 nitrogen and oxygen atoms in total. The zero-order valence-electron chi connectivity index (χ0n) is 11.1. The highest BCUT2D eigenvalue weighted by Gasteiger charge is 2.25. The van der Waals surface area contributed by atoms with Crippen LogP contribution in [0.1, 0.15) is 38.7 Å². The Balaban J connectivity index is 3.29. The lowest BCUT2D eigenvalue weighted by Crippen LogP contribution is -2.24. The van der Waals surface area contributed by atoms with Gasteiger partial charge in [-0.3, -0.25) is 0 Å². The number of aryl methyl sites for hydroxylation is 1. The summed E-state index contributed by atoms with van der Waals surface area (Å²) in [6.07, 6.45) is 1.97. The summed E-state index contributed by atoms with van der Waals surface area (Å²) in [7, 11) is 3.52. The number of rotatable bonds is 5. The van der Waals surface area contributed by atoms with E-state index in [1.54, 1.807) is 7.11 Å². The summed E-state index contributed by atoms with van der Waals surface area (Å²) >= 11 is 3.54. The van der Waals surface area contributed by atoms with E-state index in [1.807, 2.05) is 20.9 Å². The molecular formula is C12H20BrN3O. The summed E-state index contributed by atoms with van der Waals surface area (Å²) in [6, 6.07) is 0. The first kappa shape index (κ1) is 14.4. The molecule has 0 spiro atoms. The van der Waals surface area contributed by atoms with Crippen molar-refractivity contribution in [1.29, 1.82) is 0 Å². The van der Waals surface area contributed by atoms with Crippen LogP contribution in [0.3, 0.4) is 0 Å². The standard InChI is InChI=1S/C12H20BrN3O/c1-6-7-8-9(13)10(14-4)16-11(15-8)12(2,3)17-5/h6-7H2,1-5H3,(H,14,15,16). The molecule has 0 bridgehead atoms. The van der Waals surface area contributed by atoms with Crippen molar-refractivity contribution >= 4 is 21.7 Å². The Morgan fingerprint density at radius 3 is 2.47 bits per heavy atom. The Morgan fingerprint density at radius 1 is 1.35 bits per heavy atom. The highest BCUT2D eigenvalue weighted by atomic mass is 79.9. The van der Waals surface area contributed by atoms with Gasteiger partial charge in [-0.15, -0.1) is 0 Å². The second-order valence-corrected chi connectivity index (χ2v) is 5.16. The lowest BCUT2D eigenvalue weighted by Gasteiger charge is -2.23. The SMILES string of the molecule is CCCc1nc(C(C)(C)OC)nc(NC)c1Br. The smallest absolute Gasteiger partial charge is 0.162 e. The van der Waals surface area contributed by atoms with Crippen molar-refractivity contribution in [1.82, 2.24) is 9.97 Å². The van der Waals surface area contributed by atoms with E-state index in [1.165, 1.54) is 0 Å². The maximum atomic E-state index is 5.43. The van der Waals surface area contributed by atoms with Gasteiger partial charge in [-0.2, -0.15) is 0 Å². The molecule has 1 aromatic rings. The first-order valence-corrected chi connectivity index (χ1v) is 6.55. The third-order valence-corrected chi connectivity index (χ3v) is 3.53. The number of hydrogen-bond acceptors (Lipinski definition) is 4. The van der Waals surface area contributed by atoms with Crippen LogP contribution in [0.4, 0.5) is 5.82 Å². The van der Waals surface area contributed by atoms with E-state index in [9.17, 15) is 0 Å². The predicted octanol–water partition coefficient (Wildman–Crippen LogP) is 3.11. The number of nitrogens with zero attached hydrogens (tertiary/aromatic N) is 2. The molecule has 0 radical (unpaired) electrons. The second-order valence-electron chi connectivity index (χ2n) is 4.37. The van der Waals surface area contributed by atoms with Gasteiger partial charge in [0.25, 0.3) is 0 Å². The fourth-order valence-electron chi connectivity index (χ4n) is 1.42. The summed E-state index contributed by atoms with van der Waals surface area (Å²) in [6.45, 7) is 6.06. The van der Waals surface area contributed by atoms with Crippen LogP contribution < -0.4 is 5.32 Å². The molecule has 1 aromatic heterocycles. The molecular weight excluding hydrogens is 282 g/mol. The fourth-order valence-corrected chi connectivity index (χ4v) is 2.00. The van der Waals surface area contributed by atoms with Gasteiger partial charge in [-0.05, 0) is 36.2 Å². The van der Waals surface area contributed by atoms with E-state index in [0.29, 0.717) is 5.82 Å². The van der Waals surface area contributed by atoms with Crippen LogP contribution in [-0.4, -0.2) is 24.1 Å². The zero-order chi connectivity index (χ0) is 13.1. The molecule has 0 saturated carbocycles. The topological polar surface area (TPSA) is 47.0 Å². The molecule has 1 rings (SSSR count). The highest BCUT2D eigenvalue weighted by molar-refractivity contribution is 9.10. The summed E-state index contributed by atoms with van der Waals surface area (Å²) in [5.74, 6) is 1.51. The number of nitrogens with one attached hydrogen (secondary N) is 1. The van der Waals surface area contributed by atoms with Gasteiger partial charge in [-0.1, -0.05) is 13.3 Å². The molecule has 96 valence electrons. The van der Waals surface area contributed by atoms with Crippen LogP contribution in [0, 0.1) is 0 Å². The Kier molecular flexibility index (Phi) is 4.89. The van der Waals surface area contributed by atoms with E-state index in [-0.39, 0.29) is 0 Å². The molecule has 0 aromatic carbocycles. The molecule has 1 N–H and O–H groups in total. The van der Waals surface area contributed by atoms with Gasteiger partial charge in [0.2, 0.25) is 0 Å². The third-order valence-electron chi connectivity index (χ3n) is 2.69. The molecule has 5 heteroatoms. The molecule has 0 fully saturated rings. The first-order valence-electron chi connectivity index (χ1n) is 5.76. The number of anilines is 1. The highest BCUT2D eigenvalue weighted by Crippen LogP contribution is 2.28. The quantitative estimate of drug-likeness (QED) is 0.908. The average molecular weight is 302 g/mol. The van der Waals surface area contributed by atoms with Gasteiger partial charge in [0.1, 0.15) is 11.4 Å². The van der Waals surface area contributed by atoms with E-state index in [0.717, 1.165) is 28.8 Å². The van der Waals surface area contributed by atoms with Crippen LogP contribution in [0.15, 0.2) is 4.47 Å². The molecule has 0 aliphatic heterocycles. The van der Waals surface area contributed by atoms with E-state index >= 15 is 0 Å². The minimum absolute atomic E-state index is 0.477. The number of aromatic nitrogens is 2. The molecule has 17 heavy (non-hydrogen) atoms. The monoisotopic (exact) mass is 301 g/mol. The van der Waals surface area contributed by atoms with Crippen molar-refractivity contribution in [3.05, 3.63) is 16.0 Å². The zero-order valence-corrected chi connectivity index (χ0v) is 12.7. The van der Waals surface area contributed by atoms with Crippen LogP contribution in [0.2, 0.25) is 0 Å². The fraction of sp³-hybridized carbons (Fsp3) is 0.667. The van der Waals surface area contributed by atoms with Gasteiger partial charge in [0.15, 0.2) is 5.82 Å². The maximum absolute atomic E-state index is 5.43. The number of hydrogen-bond donors (Lipinski definition) is 1. The lowest BCUT2D eigenvalue weighted by molar-refractivity contribution is 0.0114. The molecule has 0 unspecified atom stereocenters. The van der Waals surface area contributed by atoms with E-state index < -0.39 is 5.60 Å². The minimum atomic E-state index is -0.477. The number of halogens is 1. The molecule has 1 heterocycles. The molecule has 0 amide bonds. The predicted molar refractivity (Wildman–Crippen MR) is 73.3 cm³/mol. The summed E-state index contributed by atoms with van der Waals surface area (Å²) < 4.78 is 6.37. The normalized spacial score (nSPS) is 11.6. The van der Waals surface area contributed by atoms with Crippen LogP contribution in [-0.2, 0) is 16.8 Å². The average Bonchev–Trinajstić information content (AvgIpc) is 2.31. The van der Waals surface area contributed by atoms with Crippen LogP contribution >= 0.6 is 15.9 Å². The molecule has 0 aliphatic carbocycles. The van der Waals surface area contributed by atoms with Crippen molar-refractivity contribution < 1.29 is 4.74 Å². The van der Waals surface area contributed by atoms with E-state index in [2.05, 4.69) is 38.1 Å². The van der Waals surface area contributed by atoms with Crippen molar-refractivity contribution in [3.63, 3.8) is 0 Å². The van der Waals surface area contributed by atoms with Crippen molar-refractivity contribution in [2.24, 2.45) is 0 Å². The van der Waals surface area contributed by atoms with Gasteiger partial charge in [0, 0.05) is 14.2 Å². The summed E-state index contributed by atoms with van der Waals surface area (Å²) in [5.41, 5.74) is 0.543. The van der Waals surface area contributed by atoms with E-state index in [4.69, 9.17) is 4.74 Å². The number of ether oxygens (including phenoxy) is 1. The van der Waals surface area contributed by atoms with Gasteiger partial charge in [0.05, 0.1) is 10.2 Å². The first-order chi connectivity index (χ1) is 7.96. The van der Waals surface area contributed by atoms with Crippen molar-refractivity contribution in [2.45, 2.75) is 39.2 Å². The third kappa shape index (κ3) is 3.16. The van der Waals surface area contributed by atoms with Gasteiger partial charge < -0.3 is 10.1 Å². The Bertz CT molecular complexity index is 394. The summed E-state index contributed by atoms with van der Waals surface area (Å²) in [4.78, 5) is 9.07. The number of methoxy groups -OCH3 is 1. The van der Waals surface area contributed by atoms with Crippen molar-refractivity contribution in [2.75, 3.05) is 19.5 Å². The molecule has 0 saturated heterocycles. The Morgan fingerprint density at radius 2 is 2.00 bits per heavy atom. The van der Waals surface area contributed by atoms with Crippen LogP contribution in [0.25, 0.3) is 0 Å². The Hall–Kier alpha value is -0.680. The van der Waals surface area contributed by atoms with Gasteiger partial charge >= 0.3 is 0 Å². The molecule has 0 aliphatic rings. The Labute approximate surface area is 111 Å². The molecule has 0 atom stereocenters. The minimum Gasteiger partial charge on any atom is -0.372 e.